The number of Topliss-reactive ketones (excluding diaryl/α,β-unsaturated/α-hetero) is 1. The minimum absolute atomic E-state index is 0.241. The van der Waals surface area contributed by atoms with Crippen LogP contribution >= 0.6 is 0 Å². The van der Waals surface area contributed by atoms with Crippen LogP contribution in [0.15, 0.2) is 23.8 Å². The third-order valence-electron chi connectivity index (χ3n) is 2.98. The van der Waals surface area contributed by atoms with Crippen LogP contribution in [0.1, 0.15) is 38.5 Å². The van der Waals surface area contributed by atoms with E-state index in [1.165, 1.54) is 12.0 Å². The quantitative estimate of drug-likeness (QED) is 0.600. The molecule has 0 heterocycles. The van der Waals surface area contributed by atoms with E-state index in [1.807, 2.05) is 0 Å². The fraction of sp³-hybridized carbons (Fsp3) is 0.583. The molecule has 0 aromatic carbocycles. The Morgan fingerprint density at radius 3 is 2.85 bits per heavy atom. The third-order valence-corrected chi connectivity index (χ3v) is 2.98. The number of carbonyl (C=O) groups excluding carboxylic acids is 1. The molecule has 0 N–H and O–H groups in total. The van der Waals surface area contributed by atoms with Crippen molar-refractivity contribution >= 4 is 5.78 Å². The number of ketones is 1. The van der Waals surface area contributed by atoms with Crippen LogP contribution < -0.4 is 0 Å². The SMILES string of the molecule is O=C1CCCCC1C1=CCCC=C1. The van der Waals surface area contributed by atoms with E-state index in [9.17, 15) is 4.79 Å². The highest BCUT2D eigenvalue weighted by atomic mass is 16.1. The molecule has 0 aromatic rings. The molecule has 0 spiro atoms. The summed E-state index contributed by atoms with van der Waals surface area (Å²) in [6.45, 7) is 0. The Morgan fingerprint density at radius 2 is 2.15 bits per heavy atom. The number of allylic oxidation sites excluding steroid dienone is 4. The lowest BCUT2D eigenvalue weighted by molar-refractivity contribution is -0.123. The topological polar surface area (TPSA) is 17.1 Å². The van der Waals surface area contributed by atoms with Gasteiger partial charge in [-0.2, -0.15) is 0 Å². The molecule has 2 aliphatic carbocycles. The summed E-state index contributed by atoms with van der Waals surface area (Å²) in [5, 5.41) is 0. The van der Waals surface area contributed by atoms with Gasteiger partial charge in [0.05, 0.1) is 0 Å². The fourth-order valence-corrected chi connectivity index (χ4v) is 2.23. The predicted octanol–water partition coefficient (Wildman–Crippen LogP) is 3.02. The fourth-order valence-electron chi connectivity index (χ4n) is 2.23. The van der Waals surface area contributed by atoms with Gasteiger partial charge in [0.2, 0.25) is 0 Å². The van der Waals surface area contributed by atoms with E-state index in [1.54, 1.807) is 0 Å². The zero-order valence-electron chi connectivity index (χ0n) is 7.96. The largest absolute Gasteiger partial charge is 0.299 e. The van der Waals surface area contributed by atoms with Crippen LogP contribution in [0.2, 0.25) is 0 Å². The second-order valence-corrected chi connectivity index (χ2v) is 3.95. The van der Waals surface area contributed by atoms with E-state index in [0.29, 0.717) is 5.78 Å². The van der Waals surface area contributed by atoms with Crippen molar-refractivity contribution in [2.24, 2.45) is 5.92 Å². The molecule has 1 nitrogen and oxygen atoms in total. The maximum absolute atomic E-state index is 11.6. The number of carbonyl (C=O) groups is 1. The second-order valence-electron chi connectivity index (χ2n) is 3.95. The van der Waals surface area contributed by atoms with Crippen LogP contribution in [0, 0.1) is 5.92 Å². The molecule has 70 valence electrons. The highest BCUT2D eigenvalue weighted by Crippen LogP contribution is 2.29. The first-order valence-corrected chi connectivity index (χ1v) is 5.27. The molecule has 1 atom stereocenters. The maximum Gasteiger partial charge on any atom is 0.140 e. The predicted molar refractivity (Wildman–Crippen MR) is 53.4 cm³/mol. The normalized spacial score (nSPS) is 28.8. The highest BCUT2D eigenvalue weighted by Gasteiger charge is 2.24. The lowest BCUT2D eigenvalue weighted by Gasteiger charge is -2.22. The molecule has 1 fully saturated rings. The van der Waals surface area contributed by atoms with Crippen molar-refractivity contribution < 1.29 is 4.79 Å². The van der Waals surface area contributed by atoms with E-state index in [-0.39, 0.29) is 5.92 Å². The maximum atomic E-state index is 11.6. The van der Waals surface area contributed by atoms with E-state index in [4.69, 9.17) is 0 Å². The van der Waals surface area contributed by atoms with Gasteiger partial charge in [-0.05, 0) is 31.3 Å². The third kappa shape index (κ3) is 1.90. The smallest absolute Gasteiger partial charge is 0.140 e. The highest BCUT2D eigenvalue weighted by molar-refractivity contribution is 5.85. The van der Waals surface area contributed by atoms with Crippen LogP contribution in [0.3, 0.4) is 0 Å². The van der Waals surface area contributed by atoms with Crippen molar-refractivity contribution in [2.75, 3.05) is 0 Å². The molecule has 2 aliphatic rings. The number of hydrogen-bond donors (Lipinski definition) is 0. The summed E-state index contributed by atoms with van der Waals surface area (Å²) in [6, 6.07) is 0. The van der Waals surface area contributed by atoms with Crippen LogP contribution in [0.25, 0.3) is 0 Å². The van der Waals surface area contributed by atoms with Crippen molar-refractivity contribution in [3.05, 3.63) is 23.8 Å². The van der Waals surface area contributed by atoms with Crippen molar-refractivity contribution in [1.29, 1.82) is 0 Å². The summed E-state index contributed by atoms with van der Waals surface area (Å²) < 4.78 is 0. The van der Waals surface area contributed by atoms with Gasteiger partial charge in [0.25, 0.3) is 0 Å². The zero-order chi connectivity index (χ0) is 9.10. The monoisotopic (exact) mass is 176 g/mol. The molecule has 1 saturated carbocycles. The average Bonchev–Trinajstić information content (AvgIpc) is 2.20. The Labute approximate surface area is 79.5 Å². The molecule has 1 heteroatoms. The van der Waals surface area contributed by atoms with Crippen molar-refractivity contribution in [3.63, 3.8) is 0 Å². The molecule has 0 radical (unpaired) electrons. The van der Waals surface area contributed by atoms with Crippen LogP contribution in [0.5, 0.6) is 0 Å². The van der Waals surface area contributed by atoms with Crippen molar-refractivity contribution in [2.45, 2.75) is 38.5 Å². The summed E-state index contributed by atoms with van der Waals surface area (Å²) in [5.74, 6) is 0.703. The van der Waals surface area contributed by atoms with Crippen LogP contribution in [-0.4, -0.2) is 5.78 Å². The van der Waals surface area contributed by atoms with Gasteiger partial charge in [0.1, 0.15) is 5.78 Å². The first-order chi connectivity index (χ1) is 6.38. The molecule has 1 unspecified atom stereocenters. The summed E-state index contributed by atoms with van der Waals surface area (Å²) >= 11 is 0. The van der Waals surface area contributed by atoms with E-state index in [0.717, 1.165) is 32.1 Å². The molecule has 0 amide bonds. The minimum atomic E-state index is 0.241. The molecule has 2 rings (SSSR count). The molecular weight excluding hydrogens is 160 g/mol. The standard InChI is InChI=1S/C12H16O/c13-12-9-5-4-8-11(12)10-6-2-1-3-7-10/h2,6-7,11H,1,3-5,8-9H2. The Hall–Kier alpha value is -0.850. The summed E-state index contributed by atoms with van der Waals surface area (Å²) in [7, 11) is 0. The zero-order valence-corrected chi connectivity index (χ0v) is 7.96. The first-order valence-electron chi connectivity index (χ1n) is 5.27. The molecule has 0 aliphatic heterocycles. The molecular formula is C12H16O. The minimum Gasteiger partial charge on any atom is -0.299 e. The van der Waals surface area contributed by atoms with Crippen LogP contribution in [0.4, 0.5) is 0 Å². The van der Waals surface area contributed by atoms with Crippen molar-refractivity contribution in [3.8, 4) is 0 Å². The lowest BCUT2D eigenvalue weighted by atomic mass is 9.81. The molecule has 0 bridgehead atoms. The average molecular weight is 176 g/mol. The Kier molecular flexibility index (Phi) is 2.62. The van der Waals surface area contributed by atoms with Crippen LogP contribution in [-0.2, 0) is 4.79 Å². The molecule has 0 aromatic heterocycles. The summed E-state index contributed by atoms with van der Waals surface area (Å²) in [6.07, 6.45) is 13.1. The summed E-state index contributed by atoms with van der Waals surface area (Å²) in [4.78, 5) is 11.6. The number of rotatable bonds is 1. The Balaban J connectivity index is 2.09. The summed E-state index contributed by atoms with van der Waals surface area (Å²) in [5.41, 5.74) is 1.29. The van der Waals surface area contributed by atoms with E-state index >= 15 is 0 Å². The second kappa shape index (κ2) is 3.91. The van der Waals surface area contributed by atoms with Gasteiger partial charge >= 0.3 is 0 Å². The Morgan fingerprint density at radius 1 is 1.23 bits per heavy atom. The van der Waals surface area contributed by atoms with Gasteiger partial charge in [0.15, 0.2) is 0 Å². The van der Waals surface area contributed by atoms with E-state index in [2.05, 4.69) is 18.2 Å². The van der Waals surface area contributed by atoms with Crippen molar-refractivity contribution in [1.82, 2.24) is 0 Å². The van der Waals surface area contributed by atoms with E-state index < -0.39 is 0 Å². The molecule has 0 saturated heterocycles. The Bertz CT molecular complexity index is 260. The molecule has 13 heavy (non-hydrogen) atoms. The van der Waals surface area contributed by atoms with Gasteiger partial charge < -0.3 is 0 Å². The van der Waals surface area contributed by atoms with Gasteiger partial charge in [-0.15, -0.1) is 0 Å². The first kappa shape index (κ1) is 8.74. The number of hydrogen-bond acceptors (Lipinski definition) is 1. The van der Waals surface area contributed by atoms with Gasteiger partial charge in [-0.3, -0.25) is 4.79 Å². The van der Waals surface area contributed by atoms with Gasteiger partial charge in [-0.1, -0.05) is 24.6 Å². The lowest BCUT2D eigenvalue weighted by Crippen LogP contribution is -2.20. The van der Waals surface area contributed by atoms with Gasteiger partial charge in [-0.25, -0.2) is 0 Å². The van der Waals surface area contributed by atoms with Gasteiger partial charge in [0, 0.05) is 12.3 Å².